The fraction of sp³-hybridized carbons (Fsp3) is 0.600. The van der Waals surface area contributed by atoms with Crippen LogP contribution in [0.4, 0.5) is 0 Å². The van der Waals surface area contributed by atoms with Crippen LogP contribution < -0.4 is 5.73 Å². The largest absolute Gasteiger partial charge is 0.377 e. The van der Waals surface area contributed by atoms with Gasteiger partial charge in [-0.05, 0) is 36.8 Å². The molecule has 18 heavy (non-hydrogen) atoms. The summed E-state index contributed by atoms with van der Waals surface area (Å²) in [5.74, 6) is 1.11. The smallest absolute Gasteiger partial charge is 0.0666 e. The number of hydrogen-bond acceptors (Lipinski definition) is 3. The molecular formula is C15H21NOS. The molecular weight excluding hydrogens is 242 g/mol. The molecule has 3 unspecified atom stereocenters. The van der Waals surface area contributed by atoms with Crippen LogP contribution >= 0.6 is 11.8 Å². The Morgan fingerprint density at radius 1 is 1.28 bits per heavy atom. The average molecular weight is 263 g/mol. The number of ether oxygens (including phenoxy) is 1. The van der Waals surface area contributed by atoms with Crippen molar-refractivity contribution in [2.45, 2.75) is 43.1 Å². The summed E-state index contributed by atoms with van der Waals surface area (Å²) < 4.78 is 5.69. The number of nitrogens with two attached hydrogens (primary N) is 1. The molecule has 1 aromatic rings. The van der Waals surface area contributed by atoms with Gasteiger partial charge < -0.3 is 10.5 Å². The zero-order valence-electron chi connectivity index (χ0n) is 10.7. The van der Waals surface area contributed by atoms with E-state index in [1.165, 1.54) is 36.8 Å². The van der Waals surface area contributed by atoms with E-state index in [-0.39, 0.29) is 6.04 Å². The minimum Gasteiger partial charge on any atom is -0.377 e. The van der Waals surface area contributed by atoms with Gasteiger partial charge in [0.1, 0.15) is 0 Å². The maximum atomic E-state index is 6.41. The standard InChI is InChI=1S/C15H21NOS/c16-15-13-6-2-1-4-11(13)7-8-14(15)18-10-12-5-3-9-17-12/h1-2,4,6,12,14-15H,3,5,7-10,16H2. The van der Waals surface area contributed by atoms with E-state index in [1.54, 1.807) is 0 Å². The van der Waals surface area contributed by atoms with Gasteiger partial charge in [0.25, 0.3) is 0 Å². The molecule has 1 saturated heterocycles. The molecule has 2 N–H and O–H groups in total. The Hall–Kier alpha value is -0.510. The number of aryl methyl sites for hydroxylation is 1. The first kappa shape index (κ1) is 12.5. The Labute approximate surface area is 113 Å². The summed E-state index contributed by atoms with van der Waals surface area (Å²) in [5.41, 5.74) is 9.21. The second-order valence-electron chi connectivity index (χ2n) is 5.27. The van der Waals surface area contributed by atoms with E-state index in [0.717, 1.165) is 12.4 Å². The lowest BCUT2D eigenvalue weighted by Crippen LogP contribution is -2.30. The average Bonchev–Trinajstić information content (AvgIpc) is 2.91. The van der Waals surface area contributed by atoms with E-state index >= 15 is 0 Å². The molecule has 0 spiro atoms. The number of rotatable bonds is 3. The lowest BCUT2D eigenvalue weighted by atomic mass is 9.88. The van der Waals surface area contributed by atoms with Crippen molar-refractivity contribution in [3.8, 4) is 0 Å². The van der Waals surface area contributed by atoms with Crippen LogP contribution in [0.15, 0.2) is 24.3 Å². The molecule has 3 heteroatoms. The van der Waals surface area contributed by atoms with Gasteiger partial charge in [0.05, 0.1) is 6.10 Å². The van der Waals surface area contributed by atoms with Crippen molar-refractivity contribution in [2.24, 2.45) is 5.73 Å². The van der Waals surface area contributed by atoms with Gasteiger partial charge in [0.15, 0.2) is 0 Å². The van der Waals surface area contributed by atoms with Gasteiger partial charge in [-0.15, -0.1) is 0 Å². The highest BCUT2D eigenvalue weighted by atomic mass is 32.2. The third kappa shape index (κ3) is 2.58. The molecule has 2 nitrogen and oxygen atoms in total. The van der Waals surface area contributed by atoms with Gasteiger partial charge >= 0.3 is 0 Å². The van der Waals surface area contributed by atoms with Crippen molar-refractivity contribution in [3.63, 3.8) is 0 Å². The molecule has 1 heterocycles. The summed E-state index contributed by atoms with van der Waals surface area (Å²) >= 11 is 2.02. The van der Waals surface area contributed by atoms with E-state index in [1.807, 2.05) is 11.8 Å². The highest BCUT2D eigenvalue weighted by Crippen LogP contribution is 2.36. The van der Waals surface area contributed by atoms with E-state index in [0.29, 0.717) is 11.4 Å². The Bertz CT molecular complexity index is 403. The first-order valence-electron chi connectivity index (χ1n) is 6.91. The van der Waals surface area contributed by atoms with Crippen molar-refractivity contribution in [1.82, 2.24) is 0 Å². The van der Waals surface area contributed by atoms with Crippen LogP contribution in [0.2, 0.25) is 0 Å². The van der Waals surface area contributed by atoms with Gasteiger partial charge in [0, 0.05) is 23.7 Å². The van der Waals surface area contributed by atoms with E-state index in [9.17, 15) is 0 Å². The molecule has 1 aliphatic carbocycles. The molecule has 1 fully saturated rings. The van der Waals surface area contributed by atoms with Crippen molar-refractivity contribution in [3.05, 3.63) is 35.4 Å². The summed E-state index contributed by atoms with van der Waals surface area (Å²) in [5, 5.41) is 0.559. The maximum Gasteiger partial charge on any atom is 0.0666 e. The summed E-state index contributed by atoms with van der Waals surface area (Å²) in [6, 6.07) is 8.83. The number of benzene rings is 1. The van der Waals surface area contributed by atoms with Gasteiger partial charge in [-0.2, -0.15) is 11.8 Å². The van der Waals surface area contributed by atoms with Crippen LogP contribution in [0.25, 0.3) is 0 Å². The summed E-state index contributed by atoms with van der Waals surface area (Å²) in [4.78, 5) is 0. The Morgan fingerprint density at radius 2 is 2.17 bits per heavy atom. The maximum absolute atomic E-state index is 6.41. The second kappa shape index (κ2) is 5.64. The molecule has 1 aromatic carbocycles. The topological polar surface area (TPSA) is 35.2 Å². The molecule has 0 aromatic heterocycles. The summed E-state index contributed by atoms with van der Waals surface area (Å²) in [6.45, 7) is 0.949. The zero-order chi connectivity index (χ0) is 12.4. The number of hydrogen-bond donors (Lipinski definition) is 1. The Balaban J connectivity index is 1.61. The Kier molecular flexibility index (Phi) is 3.92. The van der Waals surface area contributed by atoms with Crippen LogP contribution in [0, 0.1) is 0 Å². The molecule has 0 radical (unpaired) electrons. The highest BCUT2D eigenvalue weighted by molar-refractivity contribution is 8.00. The van der Waals surface area contributed by atoms with Crippen LogP contribution in [-0.4, -0.2) is 23.7 Å². The minimum atomic E-state index is 0.196. The highest BCUT2D eigenvalue weighted by Gasteiger charge is 2.28. The Morgan fingerprint density at radius 3 is 3.00 bits per heavy atom. The fourth-order valence-electron chi connectivity index (χ4n) is 2.96. The molecule has 3 rings (SSSR count). The lowest BCUT2D eigenvalue weighted by Gasteiger charge is -2.31. The number of thioether (sulfide) groups is 1. The molecule has 0 saturated carbocycles. The normalized spacial score (nSPS) is 31.3. The van der Waals surface area contributed by atoms with Gasteiger partial charge in [-0.1, -0.05) is 24.3 Å². The minimum absolute atomic E-state index is 0.196. The molecule has 2 aliphatic rings. The van der Waals surface area contributed by atoms with Crippen molar-refractivity contribution < 1.29 is 4.74 Å². The van der Waals surface area contributed by atoms with Crippen LogP contribution in [-0.2, 0) is 11.2 Å². The number of fused-ring (bicyclic) bond motifs is 1. The zero-order valence-corrected chi connectivity index (χ0v) is 11.5. The predicted molar refractivity (Wildman–Crippen MR) is 76.9 cm³/mol. The summed E-state index contributed by atoms with van der Waals surface area (Å²) in [7, 11) is 0. The van der Waals surface area contributed by atoms with Crippen LogP contribution in [0.1, 0.15) is 36.4 Å². The van der Waals surface area contributed by atoms with E-state index in [4.69, 9.17) is 10.5 Å². The van der Waals surface area contributed by atoms with Crippen molar-refractivity contribution in [2.75, 3.05) is 12.4 Å². The SMILES string of the molecule is NC1c2ccccc2CCC1SCC1CCCO1. The first-order chi connectivity index (χ1) is 8.84. The van der Waals surface area contributed by atoms with Gasteiger partial charge in [0.2, 0.25) is 0 Å². The second-order valence-corrected chi connectivity index (χ2v) is 6.54. The van der Waals surface area contributed by atoms with Crippen molar-refractivity contribution in [1.29, 1.82) is 0 Å². The summed E-state index contributed by atoms with van der Waals surface area (Å²) in [6.07, 6.45) is 5.30. The fourth-order valence-corrected chi connectivity index (χ4v) is 4.32. The third-order valence-electron chi connectivity index (χ3n) is 4.03. The monoisotopic (exact) mass is 263 g/mol. The molecule has 1 aliphatic heterocycles. The van der Waals surface area contributed by atoms with Crippen LogP contribution in [0.3, 0.4) is 0 Å². The van der Waals surface area contributed by atoms with E-state index in [2.05, 4.69) is 24.3 Å². The molecule has 3 atom stereocenters. The lowest BCUT2D eigenvalue weighted by molar-refractivity contribution is 0.128. The first-order valence-corrected chi connectivity index (χ1v) is 7.96. The van der Waals surface area contributed by atoms with Crippen LogP contribution in [0.5, 0.6) is 0 Å². The molecule has 98 valence electrons. The quantitative estimate of drug-likeness (QED) is 0.910. The van der Waals surface area contributed by atoms with Crippen molar-refractivity contribution >= 4 is 11.8 Å². The van der Waals surface area contributed by atoms with E-state index < -0.39 is 0 Å². The molecule has 0 amide bonds. The van der Waals surface area contributed by atoms with Gasteiger partial charge in [-0.3, -0.25) is 0 Å². The van der Waals surface area contributed by atoms with Gasteiger partial charge in [-0.25, -0.2) is 0 Å². The molecule has 0 bridgehead atoms. The predicted octanol–water partition coefficient (Wildman–Crippen LogP) is 2.91. The third-order valence-corrected chi connectivity index (χ3v) is 5.55.